The van der Waals surface area contributed by atoms with Gasteiger partial charge in [-0.15, -0.1) is 0 Å². The van der Waals surface area contributed by atoms with Gasteiger partial charge in [0.15, 0.2) is 0 Å². The van der Waals surface area contributed by atoms with Crippen LogP contribution in [0.25, 0.3) is 10.9 Å². The van der Waals surface area contributed by atoms with Crippen LogP contribution < -0.4 is 5.32 Å². The van der Waals surface area contributed by atoms with E-state index in [9.17, 15) is 4.79 Å². The lowest BCUT2D eigenvalue weighted by Crippen LogP contribution is -2.15. The van der Waals surface area contributed by atoms with Gasteiger partial charge in [-0.2, -0.15) is 0 Å². The highest BCUT2D eigenvalue weighted by Gasteiger charge is 2.23. The van der Waals surface area contributed by atoms with Crippen LogP contribution in [0, 0.1) is 0 Å². The molecule has 1 aliphatic rings. The summed E-state index contributed by atoms with van der Waals surface area (Å²) in [5.41, 5.74) is 5.99. The number of carbonyl (C=O) groups excluding carboxylic acids is 1. The Morgan fingerprint density at radius 2 is 2.00 bits per heavy atom. The smallest absolute Gasteiger partial charge is 0.256 e. The van der Waals surface area contributed by atoms with Gasteiger partial charge in [0.1, 0.15) is 0 Å². The van der Waals surface area contributed by atoms with E-state index >= 15 is 0 Å². The van der Waals surface area contributed by atoms with E-state index in [1.54, 1.807) is 0 Å². The first kappa shape index (κ1) is 14.9. The van der Waals surface area contributed by atoms with Crippen LogP contribution in [-0.2, 0) is 19.3 Å². The second-order valence-corrected chi connectivity index (χ2v) is 6.29. The summed E-state index contributed by atoms with van der Waals surface area (Å²) in [5, 5.41) is 4.03. The molecule has 1 amide bonds. The highest BCUT2D eigenvalue weighted by molar-refractivity contribution is 6.13. The second kappa shape index (κ2) is 6.08. The molecule has 0 bridgehead atoms. The van der Waals surface area contributed by atoms with E-state index in [1.807, 2.05) is 42.5 Å². The summed E-state index contributed by atoms with van der Waals surface area (Å²) in [4.78, 5) is 17.8. The molecule has 0 aliphatic heterocycles. The van der Waals surface area contributed by atoms with Gasteiger partial charge in [0.25, 0.3) is 5.91 Å². The summed E-state index contributed by atoms with van der Waals surface area (Å²) < 4.78 is 0. The zero-order valence-electron chi connectivity index (χ0n) is 13.8. The molecule has 0 unspecified atom stereocenters. The molecule has 1 heterocycles. The minimum atomic E-state index is -0.0278. The van der Waals surface area contributed by atoms with Crippen molar-refractivity contribution in [3.63, 3.8) is 0 Å². The number of anilines is 1. The van der Waals surface area contributed by atoms with Crippen LogP contribution in [0.15, 0.2) is 48.5 Å². The number of pyridine rings is 1. The van der Waals surface area contributed by atoms with E-state index in [-0.39, 0.29) is 5.91 Å². The molecule has 1 aromatic heterocycles. The number of nitrogens with zero attached hydrogens (tertiary/aromatic N) is 1. The summed E-state index contributed by atoms with van der Waals surface area (Å²) in [6.07, 6.45) is 3.93. The summed E-state index contributed by atoms with van der Waals surface area (Å²) in [6, 6.07) is 16.0. The average molecular weight is 316 g/mol. The maximum atomic E-state index is 13.0. The fourth-order valence-electron chi connectivity index (χ4n) is 3.53. The molecule has 0 saturated carbocycles. The number of carbonyl (C=O) groups is 1. The minimum Gasteiger partial charge on any atom is -0.322 e. The molecule has 0 radical (unpaired) electrons. The SMILES string of the molecule is CCc1cccc(NC(=O)c2c3c(nc4ccccc24)CCC3)c1. The second-order valence-electron chi connectivity index (χ2n) is 6.29. The van der Waals surface area contributed by atoms with Crippen LogP contribution in [0.3, 0.4) is 0 Å². The predicted octanol–water partition coefficient (Wildman–Crippen LogP) is 4.54. The number of amides is 1. The third-order valence-electron chi connectivity index (χ3n) is 4.74. The molecule has 0 fully saturated rings. The van der Waals surface area contributed by atoms with Crippen LogP contribution in [0.1, 0.15) is 40.5 Å². The first-order valence-electron chi connectivity index (χ1n) is 8.57. The number of aromatic nitrogens is 1. The maximum Gasteiger partial charge on any atom is 0.256 e. The van der Waals surface area contributed by atoms with Gasteiger partial charge in [0.2, 0.25) is 0 Å². The van der Waals surface area contributed by atoms with Crippen LogP contribution >= 0.6 is 0 Å². The van der Waals surface area contributed by atoms with Crippen molar-refractivity contribution in [2.24, 2.45) is 0 Å². The summed E-state index contributed by atoms with van der Waals surface area (Å²) in [6.45, 7) is 2.12. The van der Waals surface area contributed by atoms with Gasteiger partial charge in [0, 0.05) is 16.8 Å². The molecule has 120 valence electrons. The van der Waals surface area contributed by atoms with E-state index in [2.05, 4.69) is 18.3 Å². The summed E-state index contributed by atoms with van der Waals surface area (Å²) in [7, 11) is 0. The monoisotopic (exact) mass is 316 g/mol. The lowest BCUT2D eigenvalue weighted by molar-refractivity contribution is 0.102. The van der Waals surface area contributed by atoms with Gasteiger partial charge < -0.3 is 5.32 Å². The van der Waals surface area contributed by atoms with Crippen molar-refractivity contribution in [2.45, 2.75) is 32.6 Å². The zero-order chi connectivity index (χ0) is 16.5. The number of hydrogen-bond acceptors (Lipinski definition) is 2. The van der Waals surface area contributed by atoms with Gasteiger partial charge in [0.05, 0.1) is 11.1 Å². The molecule has 3 nitrogen and oxygen atoms in total. The molecule has 3 aromatic rings. The molecule has 3 heteroatoms. The lowest BCUT2D eigenvalue weighted by atomic mass is 10.0. The van der Waals surface area contributed by atoms with Crippen LogP contribution in [0.2, 0.25) is 0 Å². The standard InChI is InChI=1S/C21H20N2O/c1-2-14-7-5-8-15(13-14)22-21(24)20-16-9-3-4-11-18(16)23-19-12-6-10-17(19)20/h3-5,7-9,11,13H,2,6,10,12H2,1H3,(H,22,24). The third kappa shape index (κ3) is 2.56. The number of fused-ring (bicyclic) bond motifs is 2. The Hall–Kier alpha value is -2.68. The van der Waals surface area contributed by atoms with Gasteiger partial charge in [-0.3, -0.25) is 9.78 Å². The number of rotatable bonds is 3. The fourth-order valence-corrected chi connectivity index (χ4v) is 3.53. The van der Waals surface area contributed by atoms with Crippen molar-refractivity contribution in [3.8, 4) is 0 Å². The number of benzene rings is 2. The topological polar surface area (TPSA) is 42.0 Å². The zero-order valence-corrected chi connectivity index (χ0v) is 13.8. The van der Waals surface area contributed by atoms with Gasteiger partial charge >= 0.3 is 0 Å². The predicted molar refractivity (Wildman–Crippen MR) is 97.5 cm³/mol. The maximum absolute atomic E-state index is 13.0. The third-order valence-corrected chi connectivity index (χ3v) is 4.74. The van der Waals surface area contributed by atoms with Crippen molar-refractivity contribution in [1.82, 2.24) is 4.98 Å². The Bertz CT molecular complexity index is 930. The largest absolute Gasteiger partial charge is 0.322 e. The molecule has 2 aromatic carbocycles. The van der Waals surface area contributed by atoms with E-state index in [1.165, 1.54) is 5.56 Å². The molecule has 1 aliphatic carbocycles. The van der Waals surface area contributed by atoms with E-state index in [0.29, 0.717) is 0 Å². The highest BCUT2D eigenvalue weighted by Crippen LogP contribution is 2.30. The van der Waals surface area contributed by atoms with Crippen molar-refractivity contribution < 1.29 is 4.79 Å². The molecule has 24 heavy (non-hydrogen) atoms. The number of para-hydroxylation sites is 1. The first-order chi connectivity index (χ1) is 11.8. The molecule has 1 N–H and O–H groups in total. The molecular formula is C21H20N2O. The minimum absolute atomic E-state index is 0.0278. The number of nitrogens with one attached hydrogen (secondary N) is 1. The van der Waals surface area contributed by atoms with Crippen LogP contribution in [0.4, 0.5) is 5.69 Å². The van der Waals surface area contributed by atoms with E-state index < -0.39 is 0 Å². The molecule has 0 atom stereocenters. The average Bonchev–Trinajstić information content (AvgIpc) is 3.07. The summed E-state index contributed by atoms with van der Waals surface area (Å²) >= 11 is 0. The molecule has 4 rings (SSSR count). The van der Waals surface area contributed by atoms with Gasteiger partial charge in [-0.1, -0.05) is 37.3 Å². The molecule has 0 spiro atoms. The van der Waals surface area contributed by atoms with Crippen molar-refractivity contribution in [1.29, 1.82) is 0 Å². The molecule has 0 saturated heterocycles. The van der Waals surface area contributed by atoms with E-state index in [0.717, 1.165) is 59.1 Å². The van der Waals surface area contributed by atoms with E-state index in [4.69, 9.17) is 4.98 Å². The number of aryl methyl sites for hydroxylation is 2. The highest BCUT2D eigenvalue weighted by atomic mass is 16.1. The van der Waals surface area contributed by atoms with Crippen molar-refractivity contribution in [3.05, 3.63) is 70.9 Å². The van der Waals surface area contributed by atoms with Crippen LogP contribution in [0.5, 0.6) is 0 Å². The number of hydrogen-bond donors (Lipinski definition) is 1. The normalized spacial score (nSPS) is 13.0. The Balaban J connectivity index is 1.79. The Morgan fingerprint density at radius 1 is 1.12 bits per heavy atom. The van der Waals surface area contributed by atoms with Crippen molar-refractivity contribution in [2.75, 3.05) is 5.32 Å². The first-order valence-corrected chi connectivity index (χ1v) is 8.57. The quantitative estimate of drug-likeness (QED) is 0.771. The Kier molecular flexibility index (Phi) is 3.77. The van der Waals surface area contributed by atoms with Gasteiger partial charge in [-0.05, 0) is 55.0 Å². The lowest BCUT2D eigenvalue weighted by Gasteiger charge is -2.13. The van der Waals surface area contributed by atoms with Gasteiger partial charge in [-0.25, -0.2) is 0 Å². The Labute approximate surface area is 141 Å². The van der Waals surface area contributed by atoms with Crippen LogP contribution in [-0.4, -0.2) is 10.9 Å². The summed E-state index contributed by atoms with van der Waals surface area (Å²) in [5.74, 6) is -0.0278. The van der Waals surface area contributed by atoms with Crippen molar-refractivity contribution >= 4 is 22.5 Å². The Morgan fingerprint density at radius 3 is 2.88 bits per heavy atom. The molecular weight excluding hydrogens is 296 g/mol. The fraction of sp³-hybridized carbons (Fsp3) is 0.238.